The van der Waals surface area contributed by atoms with Gasteiger partial charge in [-0.05, 0) is 68.6 Å². The number of rotatable bonds is 5. The molecule has 0 aromatic rings. The average molecular weight is 253 g/mol. The SMILES string of the molecule is CC(NC[C@H](O)CO)C12CC3CC(CC(C3)C1)C2. The summed E-state index contributed by atoms with van der Waals surface area (Å²) in [6.07, 6.45) is 8.00. The van der Waals surface area contributed by atoms with E-state index in [2.05, 4.69) is 12.2 Å². The smallest absolute Gasteiger partial charge is 0.0895 e. The number of hydrogen-bond acceptors (Lipinski definition) is 3. The second kappa shape index (κ2) is 4.77. The first-order valence-electron chi connectivity index (χ1n) is 7.63. The van der Waals surface area contributed by atoms with E-state index in [4.69, 9.17) is 5.11 Å². The second-order valence-electron chi connectivity index (χ2n) is 7.25. The Morgan fingerprint density at radius 2 is 1.61 bits per heavy atom. The van der Waals surface area contributed by atoms with Gasteiger partial charge in [-0.15, -0.1) is 0 Å². The van der Waals surface area contributed by atoms with Gasteiger partial charge < -0.3 is 15.5 Å². The van der Waals surface area contributed by atoms with Crippen LogP contribution >= 0.6 is 0 Å². The quantitative estimate of drug-likeness (QED) is 0.696. The number of hydrogen-bond donors (Lipinski definition) is 3. The van der Waals surface area contributed by atoms with Crippen LogP contribution < -0.4 is 5.32 Å². The fraction of sp³-hybridized carbons (Fsp3) is 1.00. The summed E-state index contributed by atoms with van der Waals surface area (Å²) in [4.78, 5) is 0. The number of aliphatic hydroxyl groups excluding tert-OH is 2. The molecular formula is C15H27NO2. The topological polar surface area (TPSA) is 52.5 Å². The van der Waals surface area contributed by atoms with E-state index in [-0.39, 0.29) is 6.61 Å². The minimum Gasteiger partial charge on any atom is -0.394 e. The van der Waals surface area contributed by atoms with Crippen LogP contribution in [0.4, 0.5) is 0 Å². The van der Waals surface area contributed by atoms with Gasteiger partial charge in [0.1, 0.15) is 0 Å². The van der Waals surface area contributed by atoms with Crippen molar-refractivity contribution in [2.24, 2.45) is 23.2 Å². The largest absolute Gasteiger partial charge is 0.394 e. The van der Waals surface area contributed by atoms with Crippen LogP contribution in [0.5, 0.6) is 0 Å². The zero-order chi connectivity index (χ0) is 12.8. The van der Waals surface area contributed by atoms with Crippen molar-refractivity contribution in [3.05, 3.63) is 0 Å². The maximum absolute atomic E-state index is 9.48. The minimum absolute atomic E-state index is 0.138. The fourth-order valence-electron chi connectivity index (χ4n) is 5.30. The van der Waals surface area contributed by atoms with E-state index in [1.54, 1.807) is 0 Å². The summed E-state index contributed by atoms with van der Waals surface area (Å²) < 4.78 is 0. The molecule has 1 unspecified atom stereocenters. The molecule has 2 atom stereocenters. The molecule has 3 N–H and O–H groups in total. The summed E-state index contributed by atoms with van der Waals surface area (Å²) in [7, 11) is 0. The maximum atomic E-state index is 9.48. The van der Waals surface area contributed by atoms with E-state index < -0.39 is 6.10 Å². The van der Waals surface area contributed by atoms with E-state index in [1.165, 1.54) is 38.5 Å². The highest BCUT2D eigenvalue weighted by atomic mass is 16.3. The van der Waals surface area contributed by atoms with Gasteiger partial charge >= 0.3 is 0 Å². The third kappa shape index (κ3) is 2.21. The van der Waals surface area contributed by atoms with Gasteiger partial charge in [-0.1, -0.05) is 0 Å². The highest BCUT2D eigenvalue weighted by molar-refractivity contribution is 5.05. The first kappa shape index (κ1) is 12.9. The summed E-state index contributed by atoms with van der Waals surface area (Å²) in [6.45, 7) is 2.68. The molecule has 0 saturated heterocycles. The first-order valence-corrected chi connectivity index (χ1v) is 7.63. The van der Waals surface area contributed by atoms with Crippen molar-refractivity contribution in [3.63, 3.8) is 0 Å². The predicted octanol–water partition coefficient (Wildman–Crippen LogP) is 1.53. The van der Waals surface area contributed by atoms with Crippen molar-refractivity contribution in [2.75, 3.05) is 13.2 Å². The molecule has 0 amide bonds. The molecule has 0 heterocycles. The van der Waals surface area contributed by atoms with E-state index in [0.717, 1.165) is 17.8 Å². The molecule has 0 aromatic carbocycles. The van der Waals surface area contributed by atoms with E-state index in [1.807, 2.05) is 0 Å². The van der Waals surface area contributed by atoms with E-state index in [0.29, 0.717) is 18.0 Å². The second-order valence-corrected chi connectivity index (χ2v) is 7.25. The summed E-state index contributed by atoms with van der Waals surface area (Å²) in [5.74, 6) is 2.93. The molecule has 3 nitrogen and oxygen atoms in total. The molecule has 4 aliphatic carbocycles. The van der Waals surface area contributed by atoms with Gasteiger partial charge in [0.15, 0.2) is 0 Å². The summed E-state index contributed by atoms with van der Waals surface area (Å²) >= 11 is 0. The Balaban J connectivity index is 1.63. The van der Waals surface area contributed by atoms with Crippen molar-refractivity contribution in [2.45, 2.75) is 57.6 Å². The Kier molecular flexibility index (Phi) is 3.41. The molecule has 3 heteroatoms. The predicted molar refractivity (Wildman–Crippen MR) is 71.2 cm³/mol. The molecule has 4 bridgehead atoms. The highest BCUT2D eigenvalue weighted by Crippen LogP contribution is 2.61. The van der Waals surface area contributed by atoms with Gasteiger partial charge in [0.05, 0.1) is 12.7 Å². The lowest BCUT2D eigenvalue weighted by atomic mass is 9.48. The standard InChI is InChI=1S/C15H27NO2/c1-10(16-8-14(18)9-17)15-5-11-2-12(6-15)4-13(3-11)7-15/h10-14,16-18H,2-9H2,1H3/t10?,11?,12?,13?,14-,15?/m0/s1. The van der Waals surface area contributed by atoms with Crippen LogP contribution in [0.15, 0.2) is 0 Å². The van der Waals surface area contributed by atoms with Gasteiger partial charge in [0.25, 0.3) is 0 Å². The van der Waals surface area contributed by atoms with Gasteiger partial charge in [0, 0.05) is 12.6 Å². The molecule has 4 saturated carbocycles. The van der Waals surface area contributed by atoms with Crippen LogP contribution in [0, 0.1) is 23.2 Å². The van der Waals surface area contributed by atoms with Crippen molar-refractivity contribution < 1.29 is 10.2 Å². The lowest BCUT2D eigenvalue weighted by molar-refractivity contribution is -0.0720. The summed E-state index contributed by atoms with van der Waals surface area (Å²) in [6, 6.07) is 0.479. The fourth-order valence-corrected chi connectivity index (χ4v) is 5.30. The first-order chi connectivity index (χ1) is 8.61. The Morgan fingerprint density at radius 3 is 2.06 bits per heavy atom. The lowest BCUT2D eigenvalue weighted by Crippen LogP contribution is -2.55. The third-order valence-electron chi connectivity index (χ3n) is 5.87. The van der Waals surface area contributed by atoms with Crippen LogP contribution in [0.1, 0.15) is 45.4 Å². The van der Waals surface area contributed by atoms with Crippen LogP contribution in [-0.2, 0) is 0 Å². The lowest BCUT2D eigenvalue weighted by Gasteiger charge is -2.59. The van der Waals surface area contributed by atoms with Gasteiger partial charge in [-0.25, -0.2) is 0 Å². The van der Waals surface area contributed by atoms with E-state index >= 15 is 0 Å². The van der Waals surface area contributed by atoms with Crippen LogP contribution in [-0.4, -0.2) is 35.5 Å². The molecule has 4 fully saturated rings. The molecule has 0 spiro atoms. The zero-order valence-electron chi connectivity index (χ0n) is 11.4. The normalized spacial score (nSPS) is 45.2. The van der Waals surface area contributed by atoms with Crippen molar-refractivity contribution in [3.8, 4) is 0 Å². The van der Waals surface area contributed by atoms with Crippen molar-refractivity contribution in [1.82, 2.24) is 5.32 Å². The van der Waals surface area contributed by atoms with Gasteiger partial charge in [-0.2, -0.15) is 0 Å². The number of aliphatic hydroxyl groups is 2. The van der Waals surface area contributed by atoms with Gasteiger partial charge in [0.2, 0.25) is 0 Å². The molecule has 18 heavy (non-hydrogen) atoms. The highest BCUT2D eigenvalue weighted by Gasteiger charge is 2.52. The van der Waals surface area contributed by atoms with Crippen molar-refractivity contribution >= 4 is 0 Å². The average Bonchev–Trinajstić information content (AvgIpc) is 2.33. The zero-order valence-corrected chi connectivity index (χ0v) is 11.4. The van der Waals surface area contributed by atoms with Crippen LogP contribution in [0.25, 0.3) is 0 Å². The third-order valence-corrected chi connectivity index (χ3v) is 5.87. The molecule has 0 aliphatic heterocycles. The molecule has 4 rings (SSSR count). The Bertz CT molecular complexity index is 270. The number of nitrogens with one attached hydrogen (secondary N) is 1. The Hall–Kier alpha value is -0.120. The minimum atomic E-state index is -0.610. The molecule has 0 aromatic heterocycles. The van der Waals surface area contributed by atoms with Gasteiger partial charge in [-0.3, -0.25) is 0 Å². The molecule has 0 radical (unpaired) electrons. The summed E-state index contributed by atoms with van der Waals surface area (Å²) in [5, 5.41) is 21.8. The monoisotopic (exact) mass is 253 g/mol. The molecule has 4 aliphatic rings. The van der Waals surface area contributed by atoms with Crippen molar-refractivity contribution in [1.29, 1.82) is 0 Å². The van der Waals surface area contributed by atoms with Crippen LogP contribution in [0.3, 0.4) is 0 Å². The maximum Gasteiger partial charge on any atom is 0.0895 e. The van der Waals surface area contributed by atoms with E-state index in [9.17, 15) is 5.11 Å². The Labute approximate surface area is 110 Å². The molecular weight excluding hydrogens is 226 g/mol. The van der Waals surface area contributed by atoms with Crippen LogP contribution in [0.2, 0.25) is 0 Å². The summed E-state index contributed by atoms with van der Waals surface area (Å²) in [5.41, 5.74) is 0.490. The Morgan fingerprint density at radius 1 is 1.11 bits per heavy atom. The molecule has 104 valence electrons.